The molecule has 57 heavy (non-hydrogen) atoms. The maximum atomic E-state index is 2.74. The summed E-state index contributed by atoms with van der Waals surface area (Å²) in [6.07, 6.45) is 0. The van der Waals surface area contributed by atoms with Crippen LogP contribution in [0.15, 0.2) is 243 Å². The van der Waals surface area contributed by atoms with E-state index in [1.54, 1.807) is 0 Å². The van der Waals surface area contributed by atoms with Crippen molar-refractivity contribution in [2.45, 2.75) is 15.5 Å². The van der Waals surface area contributed by atoms with Crippen LogP contribution in [0.4, 0.5) is 0 Å². The molecule has 0 aromatic heterocycles. The summed E-state index contributed by atoms with van der Waals surface area (Å²) in [6.45, 7) is 2.42. The van der Waals surface area contributed by atoms with Crippen molar-refractivity contribution in [2.75, 3.05) is 0 Å². The zero-order valence-electron chi connectivity index (χ0n) is 32.0. The fraction of sp³-hybridized carbons (Fsp3) is 0.0577. The van der Waals surface area contributed by atoms with Gasteiger partial charge in [0.1, 0.15) is 0 Å². The minimum absolute atomic E-state index is 0.342. The Balaban J connectivity index is 1.51. The van der Waals surface area contributed by atoms with Crippen molar-refractivity contribution in [2.24, 2.45) is 0 Å². The van der Waals surface area contributed by atoms with Gasteiger partial charge in [-0.05, 0) is 0 Å². The fourth-order valence-electron chi connectivity index (χ4n) is 7.22. The van der Waals surface area contributed by atoms with Gasteiger partial charge < -0.3 is 0 Å². The van der Waals surface area contributed by atoms with Gasteiger partial charge in [-0.1, -0.05) is 0 Å². The molecule has 0 fully saturated rings. The van der Waals surface area contributed by atoms with Crippen molar-refractivity contribution in [3.63, 3.8) is 0 Å². The predicted molar refractivity (Wildman–Crippen MR) is 256 cm³/mol. The molecular formula is C52H46FeP4. The Labute approximate surface area is 348 Å². The third kappa shape index (κ3) is 9.28. The van der Waals surface area contributed by atoms with E-state index >= 15 is 0 Å². The van der Waals surface area contributed by atoms with Crippen molar-refractivity contribution < 1.29 is 13.5 Å². The maximum absolute atomic E-state index is 2.74. The Bertz CT molecular complexity index is 1920. The number of hydrogen-bond donors (Lipinski definition) is 0. The first-order valence-corrected chi connectivity index (χ1v) is 26.9. The Morgan fingerprint density at radius 3 is 0.526 bits per heavy atom. The van der Waals surface area contributed by atoms with Gasteiger partial charge in [0, 0.05) is 0 Å². The van der Waals surface area contributed by atoms with E-state index in [9.17, 15) is 0 Å². The molecule has 8 rings (SSSR count). The molecule has 0 aliphatic carbocycles. The summed E-state index contributed by atoms with van der Waals surface area (Å²) in [5.74, 6) is 0. The third-order valence-corrected chi connectivity index (χ3v) is 30.0. The number of benzene rings is 8. The topological polar surface area (TPSA) is 0 Å². The Morgan fingerprint density at radius 1 is 0.263 bits per heavy atom. The summed E-state index contributed by atoms with van der Waals surface area (Å²) >= 11 is -1.14. The van der Waals surface area contributed by atoms with Gasteiger partial charge in [0.15, 0.2) is 0 Å². The second kappa shape index (κ2) is 20.0. The van der Waals surface area contributed by atoms with E-state index in [1.807, 2.05) is 0 Å². The summed E-state index contributed by atoms with van der Waals surface area (Å²) in [4.78, 5) is 2.74. The summed E-state index contributed by atoms with van der Waals surface area (Å²) in [6, 6.07) is 92.4. The molecule has 0 N–H and O–H groups in total. The van der Waals surface area contributed by atoms with Gasteiger partial charge in [-0.15, -0.1) is 0 Å². The van der Waals surface area contributed by atoms with E-state index < -0.39 is 45.2 Å². The predicted octanol–water partition coefficient (Wildman–Crippen LogP) is 10.5. The van der Waals surface area contributed by atoms with E-state index in [0.29, 0.717) is 8.60 Å². The summed E-state index contributed by atoms with van der Waals surface area (Å²) in [5, 5.41) is 11.6. The normalized spacial score (nSPS) is 11.8. The molecule has 0 aliphatic heterocycles. The molecule has 5 heteroatoms. The van der Waals surface area contributed by atoms with Crippen molar-refractivity contribution in [1.82, 2.24) is 0 Å². The van der Waals surface area contributed by atoms with Crippen LogP contribution in [0.3, 0.4) is 0 Å². The van der Waals surface area contributed by atoms with E-state index in [1.165, 1.54) is 42.4 Å². The average molecular weight is 851 g/mol. The van der Waals surface area contributed by atoms with Crippen LogP contribution in [-0.2, 0) is 13.5 Å². The molecule has 0 atom stereocenters. The summed E-state index contributed by atoms with van der Waals surface area (Å²) < 4.78 is 0.684. The zero-order valence-corrected chi connectivity index (χ0v) is 36.7. The second-order valence-electron chi connectivity index (χ2n) is 13.3. The molecule has 0 unspecified atom stereocenters. The monoisotopic (exact) mass is 850 g/mol. The van der Waals surface area contributed by atoms with Crippen LogP contribution in [0.1, 0.15) is 6.92 Å². The third-order valence-electron chi connectivity index (χ3n) is 9.76. The molecule has 0 spiro atoms. The van der Waals surface area contributed by atoms with Crippen LogP contribution in [0.2, 0.25) is 0 Å². The van der Waals surface area contributed by atoms with Gasteiger partial charge in [0.2, 0.25) is 0 Å². The quantitative estimate of drug-likeness (QED) is 0.0755. The fourth-order valence-corrected chi connectivity index (χ4v) is 33.9. The van der Waals surface area contributed by atoms with Crippen molar-refractivity contribution in [3.05, 3.63) is 243 Å². The van der Waals surface area contributed by atoms with Crippen molar-refractivity contribution >= 4 is 79.0 Å². The van der Waals surface area contributed by atoms with Gasteiger partial charge in [-0.25, -0.2) is 0 Å². The van der Waals surface area contributed by atoms with Crippen LogP contribution in [0.5, 0.6) is 0 Å². The van der Waals surface area contributed by atoms with Crippen LogP contribution >= 0.6 is 31.7 Å². The van der Waals surface area contributed by atoms with Gasteiger partial charge in [-0.3, -0.25) is 0 Å². The van der Waals surface area contributed by atoms with Gasteiger partial charge >= 0.3 is 351 Å². The van der Waals surface area contributed by atoms with Gasteiger partial charge in [-0.2, -0.15) is 0 Å². The molecule has 0 saturated heterocycles. The Kier molecular flexibility index (Phi) is 13.9. The van der Waals surface area contributed by atoms with Crippen LogP contribution in [0, 0.1) is 0 Å². The minimum atomic E-state index is -1.14. The molecule has 0 amide bonds. The van der Waals surface area contributed by atoms with E-state index in [0.717, 1.165) is 0 Å². The molecule has 282 valence electrons. The summed E-state index contributed by atoms with van der Waals surface area (Å²) in [5.41, 5.74) is 0. The number of hydrogen-bond acceptors (Lipinski definition) is 0. The molecule has 8 aromatic rings. The van der Waals surface area contributed by atoms with E-state index in [-0.39, 0.29) is 0 Å². The molecular weight excluding hydrogens is 804 g/mol. The molecule has 8 aromatic carbocycles. The van der Waals surface area contributed by atoms with E-state index in [2.05, 4.69) is 254 Å². The van der Waals surface area contributed by atoms with Crippen LogP contribution in [-0.4, -0.2) is 13.5 Å². The molecule has 0 nitrogen and oxygen atoms in total. The van der Waals surface area contributed by atoms with Crippen molar-refractivity contribution in [3.8, 4) is 0 Å². The second-order valence-corrected chi connectivity index (χ2v) is 28.2. The van der Waals surface area contributed by atoms with Crippen LogP contribution < -0.4 is 42.4 Å². The van der Waals surface area contributed by atoms with Gasteiger partial charge in [0.25, 0.3) is 0 Å². The first kappa shape index (κ1) is 39.7. The summed E-state index contributed by atoms with van der Waals surface area (Å²) in [7, 11) is -3.39. The van der Waals surface area contributed by atoms with Gasteiger partial charge in [0.05, 0.1) is 0 Å². The average Bonchev–Trinajstić information content (AvgIpc) is 3.30. The zero-order chi connectivity index (χ0) is 38.7. The molecule has 0 aliphatic rings. The van der Waals surface area contributed by atoms with Crippen molar-refractivity contribution in [1.29, 1.82) is 0 Å². The molecule has 0 saturated carbocycles. The molecule has 0 bridgehead atoms. The molecule has 0 radical (unpaired) electrons. The molecule has 0 heterocycles. The SMILES string of the molecule is C[CH]=[Fe]([CH](P(c1ccccc1)c1ccccc1)P(c1ccccc1)c1ccccc1)[CH](P(c1ccccc1)c1ccccc1)P(c1ccccc1)c1ccccc1. The van der Waals surface area contributed by atoms with E-state index in [4.69, 9.17) is 0 Å². The first-order valence-electron chi connectivity index (χ1n) is 19.3. The first-order chi connectivity index (χ1) is 28.3. The Morgan fingerprint density at radius 2 is 0.404 bits per heavy atom. The standard InChI is InChI=1S/2C25H21P2.C2H4.Fe/c2*1-5-13-22(14-6-1)26(23-15-7-2-8-16-23)21-27(24-17-9-3-10-18-24)25-19-11-4-12-20-25;1-2;/h2*1-21H;1H,2H3;. The number of rotatable bonds is 14. The van der Waals surface area contributed by atoms with Crippen LogP contribution in [0.25, 0.3) is 0 Å². The Hall–Kier alpha value is -4.13.